The molecular weight excluding hydrogens is 242 g/mol. The van der Waals surface area contributed by atoms with Crippen molar-refractivity contribution in [2.45, 2.75) is 103 Å². The lowest BCUT2D eigenvalue weighted by Crippen LogP contribution is -2.35. The first kappa shape index (κ1) is 18.0. The molecule has 0 radical (unpaired) electrons. The third kappa shape index (κ3) is 7.11. The van der Waals surface area contributed by atoms with Crippen LogP contribution in [-0.2, 0) is 0 Å². The second-order valence-corrected chi connectivity index (χ2v) is 7.02. The quantitative estimate of drug-likeness (QED) is 0.463. The van der Waals surface area contributed by atoms with E-state index in [0.717, 1.165) is 17.9 Å². The lowest BCUT2D eigenvalue weighted by molar-refractivity contribution is 0.210. The minimum atomic E-state index is 0.795. The van der Waals surface area contributed by atoms with E-state index in [9.17, 15) is 0 Å². The number of rotatable bonds is 11. The molecule has 0 aromatic rings. The summed E-state index contributed by atoms with van der Waals surface area (Å²) in [5, 5.41) is 3.62. The van der Waals surface area contributed by atoms with E-state index in [4.69, 9.17) is 0 Å². The summed E-state index contributed by atoms with van der Waals surface area (Å²) in [5.74, 6) is 2.01. The smallest absolute Gasteiger partial charge is 0.00923 e. The van der Waals surface area contributed by atoms with Crippen LogP contribution in [0.25, 0.3) is 0 Å². The second-order valence-electron chi connectivity index (χ2n) is 7.02. The Hall–Kier alpha value is -0.0400. The molecule has 0 heterocycles. The van der Waals surface area contributed by atoms with E-state index >= 15 is 0 Å². The van der Waals surface area contributed by atoms with Crippen LogP contribution in [0.15, 0.2) is 0 Å². The highest BCUT2D eigenvalue weighted by molar-refractivity contribution is 4.81. The molecule has 1 rings (SSSR count). The third-order valence-electron chi connectivity index (χ3n) is 5.40. The van der Waals surface area contributed by atoms with Crippen molar-refractivity contribution in [3.05, 3.63) is 0 Å². The Labute approximate surface area is 128 Å². The Morgan fingerprint density at radius 3 is 2.10 bits per heavy atom. The molecule has 1 N–H and O–H groups in total. The van der Waals surface area contributed by atoms with Gasteiger partial charge in [-0.1, -0.05) is 78.1 Å². The Morgan fingerprint density at radius 1 is 0.850 bits per heavy atom. The van der Waals surface area contributed by atoms with Gasteiger partial charge in [0.25, 0.3) is 0 Å². The van der Waals surface area contributed by atoms with Crippen molar-refractivity contribution in [3.8, 4) is 0 Å². The van der Waals surface area contributed by atoms with E-state index in [1.165, 1.54) is 83.5 Å². The Kier molecular flexibility index (Phi) is 10.4. The van der Waals surface area contributed by atoms with Gasteiger partial charge in [0.2, 0.25) is 0 Å². The van der Waals surface area contributed by atoms with Crippen molar-refractivity contribution in [1.82, 2.24) is 5.32 Å². The van der Waals surface area contributed by atoms with Gasteiger partial charge < -0.3 is 5.32 Å². The largest absolute Gasteiger partial charge is 0.317 e. The summed E-state index contributed by atoms with van der Waals surface area (Å²) < 4.78 is 0. The van der Waals surface area contributed by atoms with Crippen LogP contribution in [0.2, 0.25) is 0 Å². The molecule has 1 unspecified atom stereocenters. The van der Waals surface area contributed by atoms with Crippen LogP contribution >= 0.6 is 0 Å². The van der Waals surface area contributed by atoms with Crippen molar-refractivity contribution in [2.24, 2.45) is 11.8 Å². The van der Waals surface area contributed by atoms with Crippen molar-refractivity contribution in [2.75, 3.05) is 7.05 Å². The summed E-state index contributed by atoms with van der Waals surface area (Å²) >= 11 is 0. The molecule has 20 heavy (non-hydrogen) atoms. The molecule has 1 aliphatic rings. The Balaban J connectivity index is 2.12. The maximum Gasteiger partial charge on any atom is 0.00923 e. The molecular formula is C19H39N. The van der Waals surface area contributed by atoms with E-state index in [-0.39, 0.29) is 0 Å². The first-order valence-electron chi connectivity index (χ1n) is 9.49. The zero-order valence-electron chi connectivity index (χ0n) is 14.4. The van der Waals surface area contributed by atoms with Gasteiger partial charge in [0.05, 0.1) is 0 Å². The third-order valence-corrected chi connectivity index (χ3v) is 5.40. The molecule has 0 saturated heterocycles. The number of hydrogen-bond donors (Lipinski definition) is 1. The van der Waals surface area contributed by atoms with Crippen molar-refractivity contribution < 1.29 is 0 Å². The standard InChI is InChI=1S/C19H39N/c1-4-6-7-8-9-10-12-19(20-3)18-15-13-17(11-5-2)14-16-18/h17-20H,4-16H2,1-3H3. The zero-order valence-corrected chi connectivity index (χ0v) is 14.4. The SMILES string of the molecule is CCCCCCCCC(NC)C1CCC(CCC)CC1. The molecule has 1 heteroatoms. The van der Waals surface area contributed by atoms with Crippen LogP contribution in [0.5, 0.6) is 0 Å². The molecule has 0 amide bonds. The van der Waals surface area contributed by atoms with Crippen LogP contribution in [0, 0.1) is 11.8 Å². The Bertz CT molecular complexity index is 206. The van der Waals surface area contributed by atoms with Crippen molar-refractivity contribution in [1.29, 1.82) is 0 Å². The second kappa shape index (κ2) is 11.6. The first-order valence-corrected chi connectivity index (χ1v) is 9.49. The zero-order chi connectivity index (χ0) is 14.6. The molecule has 1 nitrogen and oxygen atoms in total. The number of unbranched alkanes of at least 4 members (excludes halogenated alkanes) is 5. The maximum absolute atomic E-state index is 3.62. The fraction of sp³-hybridized carbons (Fsp3) is 1.00. The molecule has 0 bridgehead atoms. The van der Waals surface area contributed by atoms with Crippen molar-refractivity contribution >= 4 is 0 Å². The van der Waals surface area contributed by atoms with Crippen LogP contribution < -0.4 is 5.32 Å². The van der Waals surface area contributed by atoms with E-state index < -0.39 is 0 Å². The molecule has 0 spiro atoms. The summed E-state index contributed by atoms with van der Waals surface area (Å²) in [6, 6.07) is 0.795. The average molecular weight is 282 g/mol. The summed E-state index contributed by atoms with van der Waals surface area (Å²) in [7, 11) is 2.18. The highest BCUT2D eigenvalue weighted by Gasteiger charge is 2.25. The molecule has 0 aromatic heterocycles. The average Bonchev–Trinajstić information content (AvgIpc) is 2.48. The predicted octanol–water partition coefficient (Wildman–Crippen LogP) is 5.93. The van der Waals surface area contributed by atoms with E-state index in [1.807, 2.05) is 0 Å². The highest BCUT2D eigenvalue weighted by atomic mass is 14.9. The molecule has 0 aromatic carbocycles. The van der Waals surface area contributed by atoms with Crippen LogP contribution in [0.1, 0.15) is 97.3 Å². The predicted molar refractivity (Wildman–Crippen MR) is 91.2 cm³/mol. The molecule has 1 aliphatic carbocycles. The minimum absolute atomic E-state index is 0.795. The molecule has 0 aliphatic heterocycles. The molecule has 120 valence electrons. The first-order chi connectivity index (χ1) is 9.81. The normalized spacial score (nSPS) is 24.8. The summed E-state index contributed by atoms with van der Waals surface area (Å²) in [6.07, 6.45) is 18.8. The van der Waals surface area contributed by atoms with Crippen LogP contribution in [0.4, 0.5) is 0 Å². The highest BCUT2D eigenvalue weighted by Crippen LogP contribution is 2.34. The van der Waals surface area contributed by atoms with Gasteiger partial charge in [-0.25, -0.2) is 0 Å². The van der Waals surface area contributed by atoms with Crippen molar-refractivity contribution in [3.63, 3.8) is 0 Å². The molecule has 1 fully saturated rings. The fourth-order valence-electron chi connectivity index (χ4n) is 4.05. The summed E-state index contributed by atoms with van der Waals surface area (Å²) in [6.45, 7) is 4.63. The number of hydrogen-bond acceptors (Lipinski definition) is 1. The molecule has 1 atom stereocenters. The van der Waals surface area contributed by atoms with Gasteiger partial charge in [0.1, 0.15) is 0 Å². The van der Waals surface area contributed by atoms with E-state index in [2.05, 4.69) is 26.2 Å². The topological polar surface area (TPSA) is 12.0 Å². The monoisotopic (exact) mass is 281 g/mol. The minimum Gasteiger partial charge on any atom is -0.317 e. The van der Waals surface area contributed by atoms with Gasteiger partial charge in [0.15, 0.2) is 0 Å². The van der Waals surface area contributed by atoms with Gasteiger partial charge in [-0.05, 0) is 38.1 Å². The molecule has 1 saturated carbocycles. The maximum atomic E-state index is 3.62. The van der Waals surface area contributed by atoms with E-state index in [0.29, 0.717) is 0 Å². The Morgan fingerprint density at radius 2 is 1.50 bits per heavy atom. The number of nitrogens with one attached hydrogen (secondary N) is 1. The van der Waals surface area contributed by atoms with Crippen LogP contribution in [0.3, 0.4) is 0 Å². The van der Waals surface area contributed by atoms with Gasteiger partial charge in [-0.2, -0.15) is 0 Å². The van der Waals surface area contributed by atoms with Gasteiger partial charge in [-0.3, -0.25) is 0 Å². The summed E-state index contributed by atoms with van der Waals surface area (Å²) in [4.78, 5) is 0. The lowest BCUT2D eigenvalue weighted by atomic mass is 9.76. The van der Waals surface area contributed by atoms with E-state index in [1.54, 1.807) is 0 Å². The van der Waals surface area contributed by atoms with Gasteiger partial charge in [-0.15, -0.1) is 0 Å². The van der Waals surface area contributed by atoms with Gasteiger partial charge >= 0.3 is 0 Å². The fourth-order valence-corrected chi connectivity index (χ4v) is 4.05. The van der Waals surface area contributed by atoms with Gasteiger partial charge in [0, 0.05) is 6.04 Å². The summed E-state index contributed by atoms with van der Waals surface area (Å²) in [5.41, 5.74) is 0. The lowest BCUT2D eigenvalue weighted by Gasteiger charge is -2.34. The van der Waals surface area contributed by atoms with Crippen LogP contribution in [-0.4, -0.2) is 13.1 Å².